The van der Waals surface area contributed by atoms with Crippen LogP contribution in [-0.4, -0.2) is 35.8 Å². The predicted octanol–water partition coefficient (Wildman–Crippen LogP) is 3.62. The molecule has 0 aliphatic rings. The molecule has 2 rings (SSSR count). The monoisotopic (exact) mass is 354 g/mol. The fourth-order valence-corrected chi connectivity index (χ4v) is 2.87. The summed E-state index contributed by atoms with van der Waals surface area (Å²) in [6.45, 7) is 13.7. The van der Waals surface area contributed by atoms with Gasteiger partial charge < -0.3 is 14.6 Å². The minimum atomic E-state index is -0.679. The molecule has 0 aliphatic carbocycles. The summed E-state index contributed by atoms with van der Waals surface area (Å²) in [4.78, 5) is 26.7. The highest BCUT2D eigenvalue weighted by Crippen LogP contribution is 2.26. The lowest BCUT2D eigenvalue weighted by molar-refractivity contribution is -0.131. The van der Waals surface area contributed by atoms with Crippen LogP contribution in [0.15, 0.2) is 47.9 Å². The summed E-state index contributed by atoms with van der Waals surface area (Å²) in [5, 5.41) is 3.66. The molecule has 2 amide bonds. The van der Waals surface area contributed by atoms with Gasteiger partial charge in [0.25, 0.3) is 5.91 Å². The molecule has 0 bridgehead atoms. The van der Waals surface area contributed by atoms with Gasteiger partial charge in [0, 0.05) is 24.0 Å². The van der Waals surface area contributed by atoms with Crippen molar-refractivity contribution in [2.75, 3.05) is 13.1 Å². The summed E-state index contributed by atoms with van der Waals surface area (Å²) < 4.78 is 5.73. The third-order valence-corrected chi connectivity index (χ3v) is 4.34. The van der Waals surface area contributed by atoms with Crippen molar-refractivity contribution in [3.05, 3.63) is 60.4 Å². The third kappa shape index (κ3) is 4.04. The van der Waals surface area contributed by atoms with E-state index in [1.165, 1.54) is 5.56 Å². The number of hydrogen-bond donors (Lipinski definition) is 1. The molecule has 5 nitrogen and oxygen atoms in total. The lowest BCUT2D eigenvalue weighted by Gasteiger charge is -2.23. The lowest BCUT2D eigenvalue weighted by atomic mass is 10.1. The summed E-state index contributed by atoms with van der Waals surface area (Å²) in [5.74, 6) is -0.346. The molecule has 5 heteroatoms. The Morgan fingerprint density at radius 1 is 1.27 bits per heavy atom. The molecule has 1 heterocycles. The molecule has 1 aromatic heterocycles. The number of rotatable bonds is 8. The van der Waals surface area contributed by atoms with Crippen LogP contribution < -0.4 is 5.32 Å². The number of furan rings is 1. The van der Waals surface area contributed by atoms with Gasteiger partial charge in [0.1, 0.15) is 11.6 Å². The number of aryl methyl sites for hydroxylation is 2. The number of fused-ring (bicyclic) bond motifs is 1. The van der Waals surface area contributed by atoms with Gasteiger partial charge in [-0.2, -0.15) is 0 Å². The molecule has 2 aromatic rings. The second-order valence-electron chi connectivity index (χ2n) is 6.26. The minimum absolute atomic E-state index is 0.194. The van der Waals surface area contributed by atoms with E-state index in [2.05, 4.69) is 25.4 Å². The molecule has 0 saturated heterocycles. The number of nitrogens with zero attached hydrogens (tertiary/aromatic N) is 1. The maximum atomic E-state index is 12.6. The highest BCUT2D eigenvalue weighted by molar-refractivity contribution is 6.01. The molecule has 26 heavy (non-hydrogen) atoms. The average Bonchev–Trinajstić information content (AvgIpc) is 2.97. The number of amides is 2. The van der Waals surface area contributed by atoms with Gasteiger partial charge in [0.15, 0.2) is 5.76 Å². The van der Waals surface area contributed by atoms with Crippen molar-refractivity contribution in [2.45, 2.75) is 33.2 Å². The first-order valence-electron chi connectivity index (χ1n) is 8.76. The van der Waals surface area contributed by atoms with E-state index in [-0.39, 0.29) is 11.7 Å². The molecule has 138 valence electrons. The van der Waals surface area contributed by atoms with Crippen LogP contribution in [-0.2, 0) is 11.2 Å². The Hall–Kier alpha value is -2.82. The van der Waals surface area contributed by atoms with Crippen molar-refractivity contribution in [2.24, 2.45) is 0 Å². The maximum Gasteiger partial charge on any atom is 0.287 e. The van der Waals surface area contributed by atoms with Crippen LogP contribution in [0.2, 0.25) is 0 Å². The van der Waals surface area contributed by atoms with E-state index in [9.17, 15) is 9.59 Å². The molecule has 0 spiro atoms. The van der Waals surface area contributed by atoms with Crippen molar-refractivity contribution in [1.82, 2.24) is 10.2 Å². The van der Waals surface area contributed by atoms with Crippen LogP contribution >= 0.6 is 0 Å². The highest BCUT2D eigenvalue weighted by atomic mass is 16.3. The quantitative estimate of drug-likeness (QED) is 0.737. The Balaban J connectivity index is 2.19. The molecular weight excluding hydrogens is 328 g/mol. The summed E-state index contributed by atoms with van der Waals surface area (Å²) in [6, 6.07) is 5.22. The zero-order valence-electron chi connectivity index (χ0n) is 15.7. The molecular formula is C21H26N2O3. The van der Waals surface area contributed by atoms with Crippen LogP contribution in [0.5, 0.6) is 0 Å². The smallest absolute Gasteiger partial charge is 0.287 e. The Kier molecular flexibility index (Phi) is 6.39. The Morgan fingerprint density at radius 2 is 1.92 bits per heavy atom. The van der Waals surface area contributed by atoms with Crippen LogP contribution in [0, 0.1) is 6.92 Å². The van der Waals surface area contributed by atoms with E-state index >= 15 is 0 Å². The topological polar surface area (TPSA) is 62.6 Å². The van der Waals surface area contributed by atoms with Crippen molar-refractivity contribution in [1.29, 1.82) is 0 Å². The summed E-state index contributed by atoms with van der Waals surface area (Å²) in [6.07, 6.45) is 4.20. The Bertz CT molecular complexity index is 825. The zero-order chi connectivity index (χ0) is 19.3. The minimum Gasteiger partial charge on any atom is -0.451 e. The lowest BCUT2D eigenvalue weighted by Crippen LogP contribution is -2.47. The first-order chi connectivity index (χ1) is 12.4. The predicted molar refractivity (Wildman–Crippen MR) is 104 cm³/mol. The first-order valence-corrected chi connectivity index (χ1v) is 8.76. The van der Waals surface area contributed by atoms with Gasteiger partial charge in [-0.15, -0.1) is 13.2 Å². The highest BCUT2D eigenvalue weighted by Gasteiger charge is 2.24. The van der Waals surface area contributed by atoms with Crippen molar-refractivity contribution in [3.63, 3.8) is 0 Å². The van der Waals surface area contributed by atoms with E-state index < -0.39 is 11.9 Å². The van der Waals surface area contributed by atoms with Gasteiger partial charge >= 0.3 is 0 Å². The molecule has 1 atom stereocenters. The van der Waals surface area contributed by atoms with Crippen molar-refractivity contribution in [3.8, 4) is 0 Å². The van der Waals surface area contributed by atoms with E-state index in [0.717, 1.165) is 17.4 Å². The molecule has 0 fully saturated rings. The van der Waals surface area contributed by atoms with Gasteiger partial charge in [-0.3, -0.25) is 9.59 Å². The van der Waals surface area contributed by atoms with E-state index in [1.54, 1.807) is 24.0 Å². The molecule has 1 unspecified atom stereocenters. The van der Waals surface area contributed by atoms with Crippen LogP contribution in [0.1, 0.15) is 35.5 Å². The average molecular weight is 354 g/mol. The second-order valence-corrected chi connectivity index (χ2v) is 6.26. The van der Waals surface area contributed by atoms with Gasteiger partial charge in [0.2, 0.25) is 5.91 Å². The fraction of sp³-hybridized carbons (Fsp3) is 0.333. The molecule has 1 aromatic carbocycles. The standard InChI is InChI=1S/C21H26N2O3/c1-6-11-23(12-7-2)21(25)15(5)22-20(24)19-14(4)17-13-16(8-3)9-10-18(17)26-19/h6-7,9-10,13,15H,1-2,8,11-12H2,3-5H3,(H,22,24). The van der Waals surface area contributed by atoms with Gasteiger partial charge in [-0.25, -0.2) is 0 Å². The Labute approximate surface area is 154 Å². The Morgan fingerprint density at radius 3 is 2.50 bits per heavy atom. The van der Waals surface area contributed by atoms with E-state index in [1.807, 2.05) is 25.1 Å². The van der Waals surface area contributed by atoms with E-state index in [4.69, 9.17) is 4.42 Å². The molecule has 0 radical (unpaired) electrons. The molecule has 0 aliphatic heterocycles. The summed E-state index contributed by atoms with van der Waals surface area (Å²) >= 11 is 0. The number of hydrogen-bond acceptors (Lipinski definition) is 3. The SMILES string of the molecule is C=CCN(CC=C)C(=O)C(C)NC(=O)c1oc2ccc(CC)cc2c1C. The zero-order valence-corrected chi connectivity index (χ0v) is 15.7. The van der Waals surface area contributed by atoms with E-state index in [0.29, 0.717) is 18.7 Å². The first kappa shape index (κ1) is 19.5. The van der Waals surface area contributed by atoms with Crippen molar-refractivity contribution < 1.29 is 14.0 Å². The van der Waals surface area contributed by atoms with Crippen molar-refractivity contribution >= 4 is 22.8 Å². The van der Waals surface area contributed by atoms with Crippen LogP contribution in [0.3, 0.4) is 0 Å². The molecule has 1 N–H and O–H groups in total. The van der Waals surface area contributed by atoms with Crippen LogP contribution in [0.25, 0.3) is 11.0 Å². The van der Waals surface area contributed by atoms with Gasteiger partial charge in [-0.05, 0) is 38.0 Å². The largest absolute Gasteiger partial charge is 0.451 e. The van der Waals surface area contributed by atoms with Gasteiger partial charge in [0.05, 0.1) is 0 Å². The van der Waals surface area contributed by atoms with Crippen LogP contribution in [0.4, 0.5) is 0 Å². The normalized spacial score (nSPS) is 11.8. The third-order valence-electron chi connectivity index (χ3n) is 4.34. The maximum absolute atomic E-state index is 12.6. The number of benzene rings is 1. The number of nitrogens with one attached hydrogen (secondary N) is 1. The number of carbonyl (C=O) groups excluding carboxylic acids is 2. The fourth-order valence-electron chi connectivity index (χ4n) is 2.87. The molecule has 0 saturated carbocycles. The van der Waals surface area contributed by atoms with Gasteiger partial charge in [-0.1, -0.05) is 25.1 Å². The summed E-state index contributed by atoms with van der Waals surface area (Å²) in [5.41, 5.74) is 2.63. The number of carbonyl (C=O) groups is 2. The summed E-state index contributed by atoms with van der Waals surface area (Å²) in [7, 11) is 0. The second kappa shape index (κ2) is 8.52.